The van der Waals surface area contributed by atoms with Crippen LogP contribution in [0.25, 0.3) is 0 Å². The third-order valence-electron chi connectivity index (χ3n) is 8.26. The van der Waals surface area contributed by atoms with Crippen LogP contribution in [0, 0.1) is 41.4 Å². The molecule has 1 spiro atoms. The van der Waals surface area contributed by atoms with Gasteiger partial charge in [-0.2, -0.15) is 0 Å². The fourth-order valence-electron chi connectivity index (χ4n) is 7.13. The van der Waals surface area contributed by atoms with Crippen LogP contribution >= 0.6 is 0 Å². The lowest BCUT2D eigenvalue weighted by Crippen LogP contribution is -2.66. The summed E-state index contributed by atoms with van der Waals surface area (Å²) in [7, 11) is 0. The van der Waals surface area contributed by atoms with Crippen LogP contribution in [-0.4, -0.2) is 34.1 Å². The molecule has 3 nitrogen and oxygen atoms in total. The van der Waals surface area contributed by atoms with Gasteiger partial charge < -0.3 is 14.9 Å². The number of aliphatic hydroxyl groups is 2. The zero-order valence-corrected chi connectivity index (χ0v) is 15.1. The fraction of sp³-hybridized carbons (Fsp3) is 1.00. The van der Waals surface area contributed by atoms with Gasteiger partial charge in [-0.1, -0.05) is 34.1 Å². The van der Waals surface area contributed by atoms with Gasteiger partial charge in [-0.3, -0.25) is 0 Å². The third kappa shape index (κ3) is 2.05. The van der Waals surface area contributed by atoms with Gasteiger partial charge in [-0.15, -0.1) is 0 Å². The first-order chi connectivity index (χ1) is 10.9. The summed E-state index contributed by atoms with van der Waals surface area (Å²) in [5.41, 5.74) is -0.185. The summed E-state index contributed by atoms with van der Waals surface area (Å²) in [6.07, 6.45) is 4.45. The molecule has 4 rings (SSSR count). The number of rotatable bonds is 1. The maximum Gasteiger partial charge on any atom is 0.106 e. The van der Waals surface area contributed by atoms with E-state index in [1.807, 2.05) is 0 Å². The van der Waals surface area contributed by atoms with E-state index in [1.54, 1.807) is 0 Å². The van der Waals surface area contributed by atoms with E-state index in [0.29, 0.717) is 35.5 Å². The van der Waals surface area contributed by atoms with Gasteiger partial charge in [0.15, 0.2) is 0 Å². The highest BCUT2D eigenvalue weighted by Crippen LogP contribution is 2.64. The van der Waals surface area contributed by atoms with Crippen molar-refractivity contribution in [3.8, 4) is 0 Å². The number of ether oxygens (including phenoxy) is 1. The Morgan fingerprint density at radius 3 is 2.43 bits per heavy atom. The zero-order valence-electron chi connectivity index (χ0n) is 15.1. The van der Waals surface area contributed by atoms with Gasteiger partial charge in [0.1, 0.15) is 6.10 Å². The number of hydrogen-bond donors (Lipinski definition) is 2. The predicted molar refractivity (Wildman–Crippen MR) is 89.8 cm³/mol. The highest BCUT2D eigenvalue weighted by Gasteiger charge is 2.69. The molecular weight excluding hydrogens is 288 g/mol. The average Bonchev–Trinajstić information content (AvgIpc) is 2.83. The van der Waals surface area contributed by atoms with E-state index in [-0.39, 0.29) is 17.6 Å². The number of hydrogen-bond acceptors (Lipinski definition) is 3. The summed E-state index contributed by atoms with van der Waals surface area (Å²) >= 11 is 0. The van der Waals surface area contributed by atoms with Crippen LogP contribution in [0.4, 0.5) is 0 Å². The molecule has 2 saturated carbocycles. The number of aliphatic hydroxyl groups excluding tert-OH is 2. The molecular formula is C20H34O3. The van der Waals surface area contributed by atoms with Crippen LogP contribution in [0.3, 0.4) is 0 Å². The molecule has 3 bridgehead atoms. The molecule has 0 aromatic heterocycles. The van der Waals surface area contributed by atoms with Crippen LogP contribution in [0.1, 0.15) is 59.8 Å². The number of fused-ring (bicyclic) bond motifs is 1. The molecule has 3 heteroatoms. The predicted octanol–water partition coefficient (Wildman–Crippen LogP) is 3.23. The summed E-state index contributed by atoms with van der Waals surface area (Å²) in [4.78, 5) is 0. The molecule has 2 heterocycles. The largest absolute Gasteiger partial charge is 0.390 e. The maximum absolute atomic E-state index is 11.0. The van der Waals surface area contributed by atoms with Crippen molar-refractivity contribution in [2.45, 2.75) is 83.7 Å². The van der Waals surface area contributed by atoms with Crippen LogP contribution in [0.5, 0.6) is 0 Å². The standard InChI is InChI=1S/C20H34O3/c1-10(2)13-7-5-11(3)14-8-6-12(4)20-15(13)9-16(23-20)18(21)19(22)17(14)20/h10-19,21-22H,5-9H2,1-4H3/t11-,12-,13-,14+,15-,16?,17+,18+,19+,20+/m1/s1. The van der Waals surface area contributed by atoms with Crippen molar-refractivity contribution < 1.29 is 14.9 Å². The minimum atomic E-state index is -0.691. The molecule has 10 atom stereocenters. The molecule has 2 N–H and O–H groups in total. The first-order valence-corrected chi connectivity index (χ1v) is 9.91. The summed E-state index contributed by atoms with van der Waals surface area (Å²) < 4.78 is 6.67. The molecule has 1 unspecified atom stereocenters. The molecule has 0 radical (unpaired) electrons. The molecule has 132 valence electrons. The van der Waals surface area contributed by atoms with Gasteiger partial charge in [0, 0.05) is 5.92 Å². The summed E-state index contributed by atoms with van der Waals surface area (Å²) in [6, 6.07) is 0. The van der Waals surface area contributed by atoms with E-state index in [4.69, 9.17) is 4.74 Å². The van der Waals surface area contributed by atoms with E-state index in [1.165, 1.54) is 25.7 Å². The maximum atomic E-state index is 11.0. The molecule has 23 heavy (non-hydrogen) atoms. The van der Waals surface area contributed by atoms with Crippen LogP contribution in [-0.2, 0) is 4.74 Å². The fourth-order valence-corrected chi connectivity index (χ4v) is 7.13. The van der Waals surface area contributed by atoms with Crippen molar-refractivity contribution in [1.29, 1.82) is 0 Å². The molecule has 2 aliphatic carbocycles. The normalized spacial score (nSPS) is 58.8. The van der Waals surface area contributed by atoms with Gasteiger partial charge >= 0.3 is 0 Å². The molecule has 2 aliphatic heterocycles. The Kier molecular flexibility index (Phi) is 3.87. The summed E-state index contributed by atoms with van der Waals surface area (Å²) in [6.45, 7) is 9.41. The van der Waals surface area contributed by atoms with Crippen molar-refractivity contribution in [3.63, 3.8) is 0 Å². The second-order valence-electron chi connectivity index (χ2n) is 9.46. The van der Waals surface area contributed by atoms with Crippen molar-refractivity contribution in [2.24, 2.45) is 41.4 Å². The van der Waals surface area contributed by atoms with Crippen molar-refractivity contribution in [2.75, 3.05) is 0 Å². The van der Waals surface area contributed by atoms with E-state index in [9.17, 15) is 10.2 Å². The third-order valence-corrected chi connectivity index (χ3v) is 8.26. The van der Waals surface area contributed by atoms with Gasteiger partial charge in [0.25, 0.3) is 0 Å². The Hall–Kier alpha value is -0.120. The highest BCUT2D eigenvalue weighted by molar-refractivity contribution is 5.17. The van der Waals surface area contributed by atoms with E-state index in [2.05, 4.69) is 27.7 Å². The molecule has 4 aliphatic rings. The van der Waals surface area contributed by atoms with Crippen LogP contribution in [0.2, 0.25) is 0 Å². The van der Waals surface area contributed by atoms with Crippen LogP contribution in [0.15, 0.2) is 0 Å². The smallest absolute Gasteiger partial charge is 0.106 e. The Morgan fingerprint density at radius 1 is 1.00 bits per heavy atom. The second kappa shape index (κ2) is 5.44. The average molecular weight is 322 g/mol. The minimum Gasteiger partial charge on any atom is -0.390 e. The van der Waals surface area contributed by atoms with Crippen molar-refractivity contribution in [3.05, 3.63) is 0 Å². The van der Waals surface area contributed by atoms with E-state index < -0.39 is 12.2 Å². The first kappa shape index (κ1) is 16.4. The summed E-state index contributed by atoms with van der Waals surface area (Å²) in [5, 5.41) is 21.7. The summed E-state index contributed by atoms with van der Waals surface area (Å²) in [5.74, 6) is 3.55. The SMILES string of the molecule is CC(C)[C@H]1CC[C@@H](C)[C@@H]2CC[C@@H](C)[C@]34OC(C[C@H]13)[C@H](O)[C@@H](O)[C@H]24. The first-order valence-electron chi connectivity index (χ1n) is 9.91. The lowest BCUT2D eigenvalue weighted by Gasteiger charge is -2.60. The second-order valence-corrected chi connectivity index (χ2v) is 9.46. The van der Waals surface area contributed by atoms with Gasteiger partial charge in [-0.25, -0.2) is 0 Å². The molecule has 2 saturated heterocycles. The quantitative estimate of drug-likeness (QED) is 0.779. The zero-order chi connectivity index (χ0) is 16.5. The molecule has 4 fully saturated rings. The van der Waals surface area contributed by atoms with Crippen molar-refractivity contribution in [1.82, 2.24) is 0 Å². The van der Waals surface area contributed by atoms with E-state index >= 15 is 0 Å². The van der Waals surface area contributed by atoms with Gasteiger partial charge in [0.2, 0.25) is 0 Å². The lowest BCUT2D eigenvalue weighted by molar-refractivity contribution is -0.275. The topological polar surface area (TPSA) is 49.7 Å². The highest BCUT2D eigenvalue weighted by atomic mass is 16.5. The lowest BCUT2D eigenvalue weighted by atomic mass is 9.51. The Labute approximate surface area is 140 Å². The Morgan fingerprint density at radius 2 is 1.74 bits per heavy atom. The minimum absolute atomic E-state index is 0.126. The van der Waals surface area contributed by atoms with E-state index in [0.717, 1.165) is 6.42 Å². The monoisotopic (exact) mass is 322 g/mol. The molecule has 0 amide bonds. The Balaban J connectivity index is 1.86. The molecule has 0 aromatic rings. The van der Waals surface area contributed by atoms with Crippen LogP contribution < -0.4 is 0 Å². The van der Waals surface area contributed by atoms with Gasteiger partial charge in [0.05, 0.1) is 17.8 Å². The van der Waals surface area contributed by atoms with Crippen molar-refractivity contribution >= 4 is 0 Å². The molecule has 0 aromatic carbocycles. The van der Waals surface area contributed by atoms with Gasteiger partial charge in [-0.05, 0) is 61.2 Å². The Bertz CT molecular complexity index is 464.